The third-order valence-electron chi connectivity index (χ3n) is 2.96. The molecule has 0 saturated heterocycles. The Hall–Kier alpha value is -2.10. The van der Waals surface area contributed by atoms with Crippen LogP contribution in [-0.2, 0) is 0 Å². The van der Waals surface area contributed by atoms with Gasteiger partial charge in [0.15, 0.2) is 11.5 Å². The average Bonchev–Trinajstić information content (AvgIpc) is 2.98. The second-order valence-electron chi connectivity index (χ2n) is 4.83. The number of hydrogen-bond donors (Lipinski definition) is 0. The van der Waals surface area contributed by atoms with Gasteiger partial charge in [-0.2, -0.15) is 5.26 Å². The van der Waals surface area contributed by atoms with Gasteiger partial charge in [0.25, 0.3) is 0 Å². The first-order valence-electron chi connectivity index (χ1n) is 7.33. The number of benzene rings is 1. The maximum absolute atomic E-state index is 9.43. The van der Waals surface area contributed by atoms with Crippen molar-refractivity contribution in [2.45, 2.75) is 13.8 Å². The summed E-state index contributed by atoms with van der Waals surface area (Å²) in [5.74, 6) is 1.24. The van der Waals surface area contributed by atoms with Gasteiger partial charge in [-0.05, 0) is 53.5 Å². The van der Waals surface area contributed by atoms with Crippen molar-refractivity contribution in [3.63, 3.8) is 0 Å². The Morgan fingerprint density at radius 2 is 2.25 bits per heavy atom. The van der Waals surface area contributed by atoms with Crippen molar-refractivity contribution in [3.8, 4) is 17.6 Å². The standard InChI is InChI=1S/C18H17BrN2O2S/c1-4-6-23-17-15(19)8-13(9-16(17)22-5-2)7-14(10-20)18-21-12(3)11-24-18/h4,7-9,11H,1,5-6H2,2-3H3/b14-7+. The molecule has 4 nitrogen and oxygen atoms in total. The Morgan fingerprint density at radius 3 is 2.83 bits per heavy atom. The number of halogens is 1. The Kier molecular flexibility index (Phi) is 6.59. The van der Waals surface area contributed by atoms with Crippen LogP contribution in [0.1, 0.15) is 23.2 Å². The SMILES string of the molecule is C=CCOc1c(Br)cc(/C=C(\C#N)c2nc(C)cs2)cc1OCC. The molecule has 0 fully saturated rings. The van der Waals surface area contributed by atoms with Crippen LogP contribution in [0.25, 0.3) is 11.6 Å². The second kappa shape index (κ2) is 8.67. The number of thiazole rings is 1. The number of ether oxygens (including phenoxy) is 2. The van der Waals surface area contributed by atoms with E-state index < -0.39 is 0 Å². The lowest BCUT2D eigenvalue weighted by molar-refractivity contribution is 0.295. The van der Waals surface area contributed by atoms with Gasteiger partial charge in [-0.15, -0.1) is 11.3 Å². The maximum Gasteiger partial charge on any atom is 0.175 e. The van der Waals surface area contributed by atoms with Gasteiger partial charge in [0.05, 0.1) is 16.7 Å². The Bertz CT molecular complexity index is 806. The first-order chi connectivity index (χ1) is 11.6. The van der Waals surface area contributed by atoms with Gasteiger partial charge in [0.1, 0.15) is 17.7 Å². The quantitative estimate of drug-likeness (QED) is 0.467. The number of rotatable bonds is 7. The summed E-state index contributed by atoms with van der Waals surface area (Å²) >= 11 is 4.96. The molecule has 2 rings (SSSR count). The highest BCUT2D eigenvalue weighted by Crippen LogP contribution is 2.38. The zero-order valence-electron chi connectivity index (χ0n) is 13.5. The summed E-state index contributed by atoms with van der Waals surface area (Å²) in [6.45, 7) is 8.37. The van der Waals surface area contributed by atoms with Crippen LogP contribution in [-0.4, -0.2) is 18.2 Å². The molecule has 0 amide bonds. The zero-order chi connectivity index (χ0) is 17.5. The smallest absolute Gasteiger partial charge is 0.175 e. The largest absolute Gasteiger partial charge is 0.490 e. The number of nitrogens with zero attached hydrogens (tertiary/aromatic N) is 2. The molecule has 24 heavy (non-hydrogen) atoms. The van der Waals surface area contributed by atoms with Gasteiger partial charge >= 0.3 is 0 Å². The molecule has 0 radical (unpaired) electrons. The van der Waals surface area contributed by atoms with Crippen molar-refractivity contribution in [3.05, 3.63) is 50.9 Å². The molecule has 0 atom stereocenters. The van der Waals surface area contributed by atoms with Crippen LogP contribution >= 0.6 is 27.3 Å². The van der Waals surface area contributed by atoms with Crippen molar-refractivity contribution in [2.75, 3.05) is 13.2 Å². The predicted molar refractivity (Wildman–Crippen MR) is 101 cm³/mol. The van der Waals surface area contributed by atoms with Crippen molar-refractivity contribution >= 4 is 38.9 Å². The average molecular weight is 405 g/mol. The molecule has 0 unspecified atom stereocenters. The molecular weight excluding hydrogens is 388 g/mol. The third kappa shape index (κ3) is 4.47. The molecule has 6 heteroatoms. The van der Waals surface area contributed by atoms with Crippen LogP contribution in [0, 0.1) is 18.3 Å². The molecule has 1 aromatic heterocycles. The van der Waals surface area contributed by atoms with Gasteiger partial charge in [0, 0.05) is 11.1 Å². The number of allylic oxidation sites excluding steroid dienone is 1. The molecule has 0 aliphatic rings. The van der Waals surface area contributed by atoms with Crippen LogP contribution in [0.15, 0.2) is 34.6 Å². The van der Waals surface area contributed by atoms with Crippen molar-refractivity contribution in [2.24, 2.45) is 0 Å². The molecule has 124 valence electrons. The van der Waals surface area contributed by atoms with Gasteiger partial charge in [-0.25, -0.2) is 4.98 Å². The number of nitriles is 1. The van der Waals surface area contributed by atoms with Crippen LogP contribution in [0.5, 0.6) is 11.5 Å². The summed E-state index contributed by atoms with van der Waals surface area (Å²) in [5.41, 5.74) is 2.25. The van der Waals surface area contributed by atoms with Crippen molar-refractivity contribution in [1.82, 2.24) is 4.98 Å². The van der Waals surface area contributed by atoms with Gasteiger partial charge in [-0.3, -0.25) is 0 Å². The van der Waals surface area contributed by atoms with E-state index in [-0.39, 0.29) is 0 Å². The molecule has 0 aliphatic heterocycles. The molecule has 2 aromatic rings. The Labute approximate surface area is 154 Å². The van der Waals surface area contributed by atoms with E-state index in [0.29, 0.717) is 35.3 Å². The van der Waals surface area contributed by atoms with Crippen molar-refractivity contribution < 1.29 is 9.47 Å². The van der Waals surface area contributed by atoms with E-state index in [1.165, 1.54) is 11.3 Å². The second-order valence-corrected chi connectivity index (χ2v) is 6.54. The summed E-state index contributed by atoms with van der Waals surface area (Å²) in [6.07, 6.45) is 3.47. The van der Waals surface area contributed by atoms with E-state index in [1.54, 1.807) is 12.2 Å². The zero-order valence-corrected chi connectivity index (χ0v) is 15.9. The molecule has 1 aromatic carbocycles. The van der Waals surface area contributed by atoms with E-state index in [0.717, 1.165) is 15.7 Å². The predicted octanol–water partition coefficient (Wildman–Crippen LogP) is 5.24. The minimum atomic E-state index is 0.385. The Morgan fingerprint density at radius 1 is 1.46 bits per heavy atom. The summed E-state index contributed by atoms with van der Waals surface area (Å²) < 4.78 is 12.1. The van der Waals surface area contributed by atoms with E-state index in [1.807, 2.05) is 31.4 Å². The van der Waals surface area contributed by atoms with Gasteiger partial charge in [0.2, 0.25) is 0 Å². The van der Waals surface area contributed by atoms with Gasteiger partial charge in [-0.1, -0.05) is 12.7 Å². The highest BCUT2D eigenvalue weighted by molar-refractivity contribution is 9.10. The highest BCUT2D eigenvalue weighted by atomic mass is 79.9. The molecule has 1 heterocycles. The summed E-state index contributed by atoms with van der Waals surface area (Å²) in [6, 6.07) is 5.95. The van der Waals surface area contributed by atoms with E-state index in [4.69, 9.17) is 9.47 Å². The number of aromatic nitrogens is 1. The lowest BCUT2D eigenvalue weighted by Crippen LogP contribution is -2.00. The molecule has 0 saturated carbocycles. The highest BCUT2D eigenvalue weighted by Gasteiger charge is 2.13. The molecule has 0 aliphatic carbocycles. The summed E-state index contributed by atoms with van der Waals surface area (Å²) in [7, 11) is 0. The summed E-state index contributed by atoms with van der Waals surface area (Å²) in [4.78, 5) is 4.37. The lowest BCUT2D eigenvalue weighted by atomic mass is 10.1. The van der Waals surface area contributed by atoms with Crippen molar-refractivity contribution in [1.29, 1.82) is 5.26 Å². The van der Waals surface area contributed by atoms with Crippen LogP contribution < -0.4 is 9.47 Å². The van der Waals surface area contributed by atoms with Gasteiger partial charge < -0.3 is 9.47 Å². The fourth-order valence-corrected chi connectivity index (χ4v) is 3.34. The molecule has 0 bridgehead atoms. The van der Waals surface area contributed by atoms with E-state index >= 15 is 0 Å². The molecule has 0 spiro atoms. The van der Waals surface area contributed by atoms with Crippen LogP contribution in [0.4, 0.5) is 0 Å². The molecular formula is C18H17BrN2O2S. The fourth-order valence-electron chi connectivity index (χ4n) is 2.00. The fraction of sp³-hybridized carbons (Fsp3) is 0.222. The first kappa shape index (κ1) is 18.2. The topological polar surface area (TPSA) is 55.1 Å². The third-order valence-corrected chi connectivity index (χ3v) is 4.54. The van der Waals surface area contributed by atoms with Crippen LogP contribution in [0.3, 0.4) is 0 Å². The normalized spacial score (nSPS) is 11.0. The Balaban J connectivity index is 2.44. The number of aryl methyl sites for hydroxylation is 1. The summed E-state index contributed by atoms with van der Waals surface area (Å²) in [5, 5.41) is 12.1. The maximum atomic E-state index is 9.43. The van der Waals surface area contributed by atoms with E-state index in [9.17, 15) is 5.26 Å². The monoisotopic (exact) mass is 404 g/mol. The minimum Gasteiger partial charge on any atom is -0.490 e. The van der Waals surface area contributed by atoms with E-state index in [2.05, 4.69) is 33.6 Å². The minimum absolute atomic E-state index is 0.385. The molecule has 0 N–H and O–H groups in total. The number of hydrogen-bond acceptors (Lipinski definition) is 5. The lowest BCUT2D eigenvalue weighted by Gasteiger charge is -2.13. The first-order valence-corrected chi connectivity index (χ1v) is 9.00. The van der Waals surface area contributed by atoms with Crippen LogP contribution in [0.2, 0.25) is 0 Å².